The first-order valence-electron chi connectivity index (χ1n) is 5.02. The molecule has 2 aromatic carbocycles. The molecule has 0 radical (unpaired) electrons. The molecule has 0 bridgehead atoms. The predicted molar refractivity (Wildman–Crippen MR) is 81.5 cm³/mol. The lowest BCUT2D eigenvalue weighted by Gasteiger charge is -2.02. The number of benzene rings is 2. The molecule has 19 heavy (non-hydrogen) atoms. The van der Waals surface area contributed by atoms with Crippen molar-refractivity contribution >= 4 is 62.1 Å². The van der Waals surface area contributed by atoms with Crippen LogP contribution in [0.5, 0.6) is 5.75 Å². The molecule has 0 fully saturated rings. The van der Waals surface area contributed by atoms with Gasteiger partial charge in [-0.3, -0.25) is 0 Å². The topological polar surface area (TPSA) is 45.0 Å². The van der Waals surface area contributed by atoms with Gasteiger partial charge < -0.3 is 5.11 Å². The Morgan fingerprint density at radius 1 is 0.947 bits per heavy atom. The van der Waals surface area contributed by atoms with Gasteiger partial charge in [-0.05, 0) is 46.3 Å². The summed E-state index contributed by atoms with van der Waals surface area (Å²) in [5.41, 5.74) is 0.773. The molecule has 0 atom stereocenters. The molecule has 2 rings (SSSR count). The van der Waals surface area contributed by atoms with Crippen molar-refractivity contribution in [3.8, 4) is 5.75 Å². The average Bonchev–Trinajstić information content (AvgIpc) is 2.36. The summed E-state index contributed by atoms with van der Waals surface area (Å²) in [6.45, 7) is 0. The zero-order chi connectivity index (χ0) is 14.0. The van der Waals surface area contributed by atoms with Gasteiger partial charge in [-0.1, -0.05) is 34.8 Å². The second kappa shape index (κ2) is 6.09. The monoisotopic (exact) mass is 378 g/mol. The summed E-state index contributed by atoms with van der Waals surface area (Å²) in [5, 5.41) is 18.9. The molecule has 0 aliphatic rings. The van der Waals surface area contributed by atoms with Crippen molar-refractivity contribution in [3.05, 3.63) is 49.9 Å². The van der Waals surface area contributed by atoms with Crippen LogP contribution in [-0.4, -0.2) is 5.11 Å². The Kier molecular flexibility index (Phi) is 4.68. The first kappa shape index (κ1) is 14.6. The number of phenols is 1. The molecule has 0 aromatic heterocycles. The molecule has 3 nitrogen and oxygen atoms in total. The van der Waals surface area contributed by atoms with Gasteiger partial charge in [0.05, 0.1) is 20.2 Å². The number of halogens is 4. The number of azo groups is 1. The van der Waals surface area contributed by atoms with E-state index in [1.54, 1.807) is 24.3 Å². The Bertz CT molecular complexity index is 662. The van der Waals surface area contributed by atoms with E-state index in [0.717, 1.165) is 0 Å². The first-order chi connectivity index (χ1) is 8.97. The first-order valence-corrected chi connectivity index (χ1v) is 6.95. The highest BCUT2D eigenvalue weighted by atomic mass is 79.9. The molecule has 0 spiro atoms. The quantitative estimate of drug-likeness (QED) is 0.592. The number of hydrogen-bond donors (Lipinski definition) is 1. The van der Waals surface area contributed by atoms with Crippen LogP contribution in [0.4, 0.5) is 11.4 Å². The minimum atomic E-state index is -0.0341. The summed E-state index contributed by atoms with van der Waals surface area (Å²) < 4.78 is 0.447. The van der Waals surface area contributed by atoms with E-state index < -0.39 is 0 Å². The van der Waals surface area contributed by atoms with E-state index in [4.69, 9.17) is 34.8 Å². The maximum atomic E-state index is 9.79. The van der Waals surface area contributed by atoms with Crippen molar-refractivity contribution in [1.82, 2.24) is 0 Å². The van der Waals surface area contributed by atoms with Crippen LogP contribution in [-0.2, 0) is 0 Å². The summed E-state index contributed by atoms with van der Waals surface area (Å²) >= 11 is 20.7. The van der Waals surface area contributed by atoms with Crippen LogP contribution < -0.4 is 0 Å². The van der Waals surface area contributed by atoms with Gasteiger partial charge in [0.25, 0.3) is 0 Å². The van der Waals surface area contributed by atoms with Gasteiger partial charge in [-0.15, -0.1) is 5.11 Å². The molecule has 0 unspecified atom stereocenters. The van der Waals surface area contributed by atoms with Gasteiger partial charge in [0, 0.05) is 5.02 Å². The minimum absolute atomic E-state index is 0.0341. The van der Waals surface area contributed by atoms with Crippen LogP contribution in [0.3, 0.4) is 0 Å². The van der Waals surface area contributed by atoms with E-state index in [-0.39, 0.29) is 11.4 Å². The smallest absolute Gasteiger partial charge is 0.157 e. The largest absolute Gasteiger partial charge is 0.505 e. The van der Waals surface area contributed by atoms with Gasteiger partial charge in [-0.25, -0.2) is 0 Å². The Labute approximate surface area is 133 Å². The highest BCUT2D eigenvalue weighted by molar-refractivity contribution is 9.10. The second-order valence-corrected chi connectivity index (χ2v) is 5.66. The third kappa shape index (κ3) is 3.60. The lowest BCUT2D eigenvalue weighted by molar-refractivity contribution is 0.473. The summed E-state index contributed by atoms with van der Waals surface area (Å²) in [7, 11) is 0. The van der Waals surface area contributed by atoms with E-state index in [2.05, 4.69) is 26.2 Å². The van der Waals surface area contributed by atoms with Gasteiger partial charge in [0.15, 0.2) is 5.75 Å². The van der Waals surface area contributed by atoms with Gasteiger partial charge in [-0.2, -0.15) is 5.11 Å². The maximum absolute atomic E-state index is 9.79. The second-order valence-electron chi connectivity index (χ2n) is 3.55. The molecule has 0 aliphatic carbocycles. The third-order valence-electron chi connectivity index (χ3n) is 2.18. The average molecular weight is 380 g/mol. The van der Waals surface area contributed by atoms with Crippen LogP contribution >= 0.6 is 50.7 Å². The van der Waals surface area contributed by atoms with Crippen molar-refractivity contribution in [2.75, 3.05) is 0 Å². The fourth-order valence-electron chi connectivity index (χ4n) is 1.29. The van der Waals surface area contributed by atoms with Crippen LogP contribution in [0.2, 0.25) is 15.1 Å². The van der Waals surface area contributed by atoms with Crippen molar-refractivity contribution in [2.45, 2.75) is 0 Å². The zero-order valence-electron chi connectivity index (χ0n) is 9.24. The van der Waals surface area contributed by atoms with Gasteiger partial charge >= 0.3 is 0 Å². The summed E-state index contributed by atoms with van der Waals surface area (Å²) in [6, 6.07) is 7.92. The molecule has 98 valence electrons. The number of phenolic OH excluding ortho intramolecular Hbond substituents is 1. The number of aromatic hydroxyl groups is 1. The van der Waals surface area contributed by atoms with E-state index in [0.29, 0.717) is 25.2 Å². The Morgan fingerprint density at radius 3 is 2.37 bits per heavy atom. The fourth-order valence-corrected chi connectivity index (χ4v) is 2.37. The molecule has 2 aromatic rings. The minimum Gasteiger partial charge on any atom is -0.505 e. The van der Waals surface area contributed by atoms with E-state index in [1.165, 1.54) is 6.07 Å². The van der Waals surface area contributed by atoms with Gasteiger partial charge in [0.1, 0.15) is 5.69 Å². The lowest BCUT2D eigenvalue weighted by Crippen LogP contribution is -1.73. The highest BCUT2D eigenvalue weighted by Crippen LogP contribution is 2.38. The fraction of sp³-hybridized carbons (Fsp3) is 0. The van der Waals surface area contributed by atoms with Crippen molar-refractivity contribution in [1.29, 1.82) is 0 Å². The number of rotatable bonds is 2. The molecule has 0 heterocycles. The van der Waals surface area contributed by atoms with Gasteiger partial charge in [0.2, 0.25) is 0 Å². The Morgan fingerprint density at radius 2 is 1.68 bits per heavy atom. The molecular formula is C12H6BrCl3N2O. The summed E-state index contributed by atoms with van der Waals surface area (Å²) in [4.78, 5) is 0. The van der Waals surface area contributed by atoms with Crippen LogP contribution in [0, 0.1) is 0 Å². The molecule has 0 saturated carbocycles. The zero-order valence-corrected chi connectivity index (χ0v) is 13.1. The van der Waals surface area contributed by atoms with E-state index >= 15 is 0 Å². The normalized spacial score (nSPS) is 11.2. The molecule has 7 heteroatoms. The molecule has 0 saturated heterocycles. The SMILES string of the molecule is Oc1c(Br)cc(Cl)cc1N=Nc1ccc(Cl)c(Cl)c1. The maximum Gasteiger partial charge on any atom is 0.157 e. The van der Waals surface area contributed by atoms with Crippen molar-refractivity contribution in [2.24, 2.45) is 10.2 Å². The Balaban J connectivity index is 2.35. The number of nitrogens with zero attached hydrogens (tertiary/aromatic N) is 2. The molecule has 0 aliphatic heterocycles. The van der Waals surface area contributed by atoms with Crippen molar-refractivity contribution < 1.29 is 5.11 Å². The molecule has 1 N–H and O–H groups in total. The highest BCUT2D eigenvalue weighted by Gasteiger charge is 2.07. The Hall–Kier alpha value is -0.810. The molecule has 0 amide bonds. The van der Waals surface area contributed by atoms with Crippen LogP contribution in [0.25, 0.3) is 0 Å². The third-order valence-corrected chi connectivity index (χ3v) is 3.75. The van der Waals surface area contributed by atoms with Crippen LogP contribution in [0.15, 0.2) is 45.0 Å². The van der Waals surface area contributed by atoms with E-state index in [1.807, 2.05) is 0 Å². The van der Waals surface area contributed by atoms with Crippen molar-refractivity contribution in [3.63, 3.8) is 0 Å². The summed E-state index contributed by atoms with van der Waals surface area (Å²) in [6.07, 6.45) is 0. The summed E-state index contributed by atoms with van der Waals surface area (Å²) in [5.74, 6) is -0.0341. The molecular weight excluding hydrogens is 374 g/mol. The lowest BCUT2D eigenvalue weighted by atomic mass is 10.3. The number of hydrogen-bond acceptors (Lipinski definition) is 3. The van der Waals surface area contributed by atoms with Crippen LogP contribution in [0.1, 0.15) is 0 Å². The predicted octanol–water partition coefficient (Wildman–Crippen LogP) is 6.53. The standard InChI is InChI=1S/C12H6BrCl3N2O/c13-8-3-6(14)4-11(12(8)19)18-17-7-1-2-9(15)10(16)5-7/h1-5,19H. The van der Waals surface area contributed by atoms with E-state index in [9.17, 15) is 5.11 Å².